The summed E-state index contributed by atoms with van der Waals surface area (Å²) in [7, 11) is -1.80. The first-order valence-corrected chi connectivity index (χ1v) is 4.59. The fraction of sp³-hybridized carbons (Fsp3) is 1.00. The van der Waals surface area contributed by atoms with E-state index in [1.54, 1.807) is 0 Å². The van der Waals surface area contributed by atoms with E-state index in [1.165, 1.54) is 7.11 Å². The summed E-state index contributed by atoms with van der Waals surface area (Å²) >= 11 is 0. The van der Waals surface area contributed by atoms with E-state index in [0.717, 1.165) is 0 Å². The minimum Gasteiger partial charge on any atom is -0.390 e. The van der Waals surface area contributed by atoms with Crippen molar-refractivity contribution in [3.05, 3.63) is 0 Å². The highest BCUT2D eigenvalue weighted by Gasteiger charge is 2.25. The lowest BCUT2D eigenvalue weighted by atomic mass is 10.5. The third-order valence-corrected chi connectivity index (χ3v) is 1.80. The first kappa shape index (κ1) is 4.81. The summed E-state index contributed by atoms with van der Waals surface area (Å²) in [4.78, 5) is 12.3. The third-order valence-electron chi connectivity index (χ3n) is 0.831. The number of rotatable bonds is 7. The van der Waals surface area contributed by atoms with Gasteiger partial charge in [0.2, 0.25) is 0 Å². The summed E-state index contributed by atoms with van der Waals surface area (Å²) in [5, 5.41) is 0. The Kier molecular flexibility index (Phi) is 2.12. The van der Waals surface area contributed by atoms with Crippen molar-refractivity contribution in [3.63, 3.8) is 0 Å². The van der Waals surface area contributed by atoms with Gasteiger partial charge >= 0.3 is 8.80 Å². The van der Waals surface area contributed by atoms with Gasteiger partial charge in [0.1, 0.15) is 0 Å². The smallest absolute Gasteiger partial charge is 0.390 e. The molecule has 0 aromatic heterocycles. The van der Waals surface area contributed by atoms with Crippen molar-refractivity contribution in [1.29, 1.82) is 4.29 Å². The summed E-state index contributed by atoms with van der Waals surface area (Å²) in [6.07, 6.45) is 0.541. The molecule has 0 saturated heterocycles. The zero-order valence-electron chi connectivity index (χ0n) is 8.25. The quantitative estimate of drug-likeness (QED) is 0.326. The van der Waals surface area contributed by atoms with E-state index >= 15 is 0 Å². The lowest BCUT2D eigenvalue weighted by Gasteiger charge is -2.07. The van der Waals surface area contributed by atoms with Crippen LogP contribution >= 0.6 is 0 Å². The highest BCUT2D eigenvalue weighted by molar-refractivity contribution is 6.56. The molecule has 0 aromatic carbocycles. The molecule has 5 heteroatoms. The first-order valence-electron chi connectivity index (χ1n) is 3.89. The molecule has 0 atom stereocenters. The minimum atomic E-state index is -3.33. The second-order valence-electron chi connectivity index (χ2n) is 1.78. The fourth-order valence-electron chi connectivity index (χ4n) is 0.433. The minimum absolute atomic E-state index is 0.233. The van der Waals surface area contributed by atoms with E-state index in [-0.39, 0.29) is 6.04 Å². The first-order chi connectivity index (χ1) is 5.74. The Morgan fingerprint density at radius 1 is 1.56 bits per heavy atom. The normalized spacial score (nSPS) is 16.3. The molecular formula is C4H12O4Si. The van der Waals surface area contributed by atoms with E-state index in [0.29, 0.717) is 13.0 Å². The van der Waals surface area contributed by atoms with Crippen molar-refractivity contribution in [1.82, 2.24) is 0 Å². The zero-order valence-corrected chi connectivity index (χ0v) is 6.25. The molecule has 9 heavy (non-hydrogen) atoms. The summed E-state index contributed by atoms with van der Waals surface area (Å²) in [5.74, 6) is 0. The molecule has 0 bridgehead atoms. The molecule has 0 radical (unpaired) electrons. The third kappa shape index (κ3) is 8.06. The van der Waals surface area contributed by atoms with Gasteiger partial charge in [-0.3, -0.25) is 0 Å². The molecule has 0 rings (SSSR count). The van der Waals surface area contributed by atoms with Crippen molar-refractivity contribution < 1.29 is 19.1 Å². The summed E-state index contributed by atoms with van der Waals surface area (Å²) in [5.41, 5.74) is 0. The van der Waals surface area contributed by atoms with Gasteiger partial charge < -0.3 is 19.1 Å². The Balaban J connectivity index is 3.76. The maximum absolute atomic E-state index is 6.57. The number of hydrogen-bond donors (Lipinski definition) is 3. The second-order valence-corrected chi connectivity index (χ2v) is 3.65. The molecule has 4 nitrogen and oxygen atoms in total. The highest BCUT2D eigenvalue weighted by Crippen LogP contribution is 1.99. The van der Waals surface area contributed by atoms with E-state index in [9.17, 15) is 0 Å². The van der Waals surface area contributed by atoms with Crippen LogP contribution in [0.2, 0.25) is 6.04 Å². The van der Waals surface area contributed by atoms with Crippen LogP contribution < -0.4 is 0 Å². The average Bonchev–Trinajstić information content (AvgIpc) is 2.14. The van der Waals surface area contributed by atoms with Gasteiger partial charge in [-0.05, 0) is 6.42 Å². The summed E-state index contributed by atoms with van der Waals surface area (Å²) in [6, 6.07) is 0.233. The maximum atomic E-state index is 6.57. The number of hydrogen-bond acceptors (Lipinski definition) is 4. The van der Waals surface area contributed by atoms with Gasteiger partial charge in [-0.15, -0.1) is 0 Å². The van der Waals surface area contributed by atoms with Crippen molar-refractivity contribution in [2.24, 2.45) is 0 Å². The number of ether oxygens (including phenoxy) is 1. The molecule has 0 fully saturated rings. The largest absolute Gasteiger partial charge is 0.492 e. The van der Waals surface area contributed by atoms with Crippen LogP contribution in [0.1, 0.15) is 6.42 Å². The van der Waals surface area contributed by atoms with E-state index in [2.05, 4.69) is 14.4 Å². The Labute approximate surface area is 59.6 Å². The molecule has 0 amide bonds. The van der Waals surface area contributed by atoms with Crippen molar-refractivity contribution in [3.8, 4) is 0 Å². The molecule has 0 saturated carbocycles. The van der Waals surface area contributed by atoms with E-state index in [1.807, 2.05) is 0 Å². The van der Waals surface area contributed by atoms with Gasteiger partial charge in [-0.25, -0.2) is 0 Å². The predicted octanol–water partition coefficient (Wildman–Crippen LogP) is -1.06. The molecule has 0 heterocycles. The topological polar surface area (TPSA) is 69.9 Å². The van der Waals surface area contributed by atoms with E-state index < -0.39 is 8.80 Å². The molecule has 0 aliphatic heterocycles. The Morgan fingerprint density at radius 3 is 2.67 bits per heavy atom. The molecular weight excluding hydrogens is 140 g/mol. The number of methoxy groups -OCH3 is 1. The standard InChI is InChI=1S/C4H12O4Si/c1-8-3-2-4-9(5,6)7/h5-7H,2-4H2,1H3/i5T,6T,7T. The van der Waals surface area contributed by atoms with Crippen LogP contribution in [0.25, 0.3) is 0 Å². The SMILES string of the molecule is [3H]O[Si](CCCOC)(O[3H])O[3H]. The lowest BCUT2D eigenvalue weighted by Crippen LogP contribution is -2.34. The van der Waals surface area contributed by atoms with Crippen LogP contribution in [-0.4, -0.2) is 41.2 Å². The zero-order chi connectivity index (χ0) is 9.45. The fourth-order valence-corrected chi connectivity index (χ4v) is 1.01. The maximum Gasteiger partial charge on any atom is 0.492 e. The molecule has 0 aliphatic rings. The summed E-state index contributed by atoms with van der Waals surface area (Å²) < 4.78 is 24.5. The van der Waals surface area contributed by atoms with Gasteiger partial charge in [0.05, 0.1) is 0 Å². The molecule has 3 N–H and O–H groups in total. The van der Waals surface area contributed by atoms with Crippen LogP contribution in [0.5, 0.6) is 0 Å². The van der Waals surface area contributed by atoms with E-state index in [4.69, 9.17) is 9.03 Å². The Hall–Kier alpha value is 0.0569. The average molecular weight is 158 g/mol. The van der Waals surface area contributed by atoms with Crippen LogP contribution in [0.15, 0.2) is 0 Å². The molecule has 0 unspecified atom stereocenters. The second kappa shape index (κ2) is 3.97. The molecule has 56 valence electrons. The summed E-state index contributed by atoms with van der Waals surface area (Å²) in [6.45, 7) is 0.463. The lowest BCUT2D eigenvalue weighted by molar-refractivity contribution is 0.183. The van der Waals surface area contributed by atoms with Crippen LogP contribution in [0.4, 0.5) is 0 Å². The van der Waals surface area contributed by atoms with Gasteiger partial charge in [0.25, 0.3) is 0 Å². The van der Waals surface area contributed by atoms with Crippen LogP contribution in [0, 0.1) is 0 Å². The molecule has 0 aliphatic carbocycles. The van der Waals surface area contributed by atoms with Crippen LogP contribution in [0.3, 0.4) is 0 Å². The van der Waals surface area contributed by atoms with Crippen molar-refractivity contribution in [2.45, 2.75) is 12.5 Å². The Bertz CT molecular complexity index is 104. The molecule has 0 aromatic rings. The monoisotopic (exact) mass is 158 g/mol. The van der Waals surface area contributed by atoms with Gasteiger partial charge in [-0.1, -0.05) is 0 Å². The highest BCUT2D eigenvalue weighted by atomic mass is 28.4. The van der Waals surface area contributed by atoms with Gasteiger partial charge in [0, 0.05) is 19.8 Å². The van der Waals surface area contributed by atoms with Crippen molar-refractivity contribution in [2.75, 3.05) is 13.7 Å². The van der Waals surface area contributed by atoms with Crippen LogP contribution in [-0.2, 0) is 4.74 Å². The Morgan fingerprint density at radius 2 is 2.22 bits per heavy atom. The predicted molar refractivity (Wildman–Crippen MR) is 33.7 cm³/mol. The van der Waals surface area contributed by atoms with Gasteiger partial charge in [-0.2, -0.15) is 0 Å². The van der Waals surface area contributed by atoms with Crippen molar-refractivity contribution >= 4 is 8.80 Å². The van der Waals surface area contributed by atoms with Gasteiger partial charge in [0.15, 0.2) is 4.29 Å². The molecule has 0 spiro atoms.